The molecule has 0 fully saturated rings. The number of furan rings is 1. The van der Waals surface area contributed by atoms with E-state index in [9.17, 15) is 8.42 Å². The third-order valence-corrected chi connectivity index (χ3v) is 5.90. The zero-order chi connectivity index (χ0) is 15.0. The molecule has 1 heterocycles. The molecule has 0 amide bonds. The number of sulfonamides is 1. The maximum Gasteiger partial charge on any atom is 0.245 e. The Morgan fingerprint density at radius 3 is 2.43 bits per heavy atom. The predicted molar refractivity (Wildman–Crippen MR) is 80.3 cm³/mol. The lowest BCUT2D eigenvalue weighted by Crippen LogP contribution is -2.35. The van der Waals surface area contributed by atoms with Gasteiger partial charge < -0.3 is 9.52 Å². The first-order valence-electron chi connectivity index (χ1n) is 6.48. The van der Waals surface area contributed by atoms with Crippen LogP contribution in [0.2, 0.25) is 0 Å². The van der Waals surface area contributed by atoms with Crippen molar-refractivity contribution in [3.8, 4) is 0 Å². The van der Waals surface area contributed by atoms with E-state index in [1.807, 2.05) is 24.3 Å². The highest BCUT2D eigenvalue weighted by Gasteiger charge is 2.29. The number of aliphatic hydroxyl groups excluding tert-OH is 1. The molecule has 0 saturated carbocycles. The van der Waals surface area contributed by atoms with Gasteiger partial charge in [0.2, 0.25) is 10.0 Å². The largest absolute Gasteiger partial charge is 0.450 e. The highest BCUT2D eigenvalue weighted by molar-refractivity contribution is 9.10. The normalized spacial score (nSPS) is 15.3. The molecule has 1 aliphatic rings. The van der Waals surface area contributed by atoms with Gasteiger partial charge in [0, 0.05) is 12.1 Å². The van der Waals surface area contributed by atoms with Gasteiger partial charge in [-0.05, 0) is 39.9 Å². The van der Waals surface area contributed by atoms with Crippen molar-refractivity contribution in [1.29, 1.82) is 0 Å². The molecular formula is C14H14BrNO4S. The van der Waals surface area contributed by atoms with Crippen LogP contribution >= 0.6 is 15.9 Å². The van der Waals surface area contributed by atoms with Gasteiger partial charge in [-0.2, -0.15) is 0 Å². The molecule has 1 aromatic heterocycles. The third-order valence-electron chi connectivity index (χ3n) is 3.52. The maximum absolute atomic E-state index is 12.4. The second-order valence-electron chi connectivity index (χ2n) is 5.00. The highest BCUT2D eigenvalue weighted by atomic mass is 79.9. The Hall–Kier alpha value is -1.15. The van der Waals surface area contributed by atoms with Crippen molar-refractivity contribution in [2.45, 2.75) is 30.4 Å². The van der Waals surface area contributed by atoms with Crippen LogP contribution in [0.4, 0.5) is 0 Å². The van der Waals surface area contributed by atoms with Gasteiger partial charge >= 0.3 is 0 Å². The summed E-state index contributed by atoms with van der Waals surface area (Å²) < 4.78 is 32.7. The Balaban J connectivity index is 1.80. The number of halogens is 1. The van der Waals surface area contributed by atoms with Gasteiger partial charge in [0.25, 0.3) is 0 Å². The molecule has 7 heteroatoms. The molecule has 3 rings (SSSR count). The second-order valence-corrected chi connectivity index (χ2v) is 7.41. The monoisotopic (exact) mass is 371 g/mol. The molecule has 0 aliphatic heterocycles. The zero-order valence-electron chi connectivity index (χ0n) is 11.0. The third kappa shape index (κ3) is 2.91. The second kappa shape index (κ2) is 5.57. The first-order valence-corrected chi connectivity index (χ1v) is 8.75. The average molecular weight is 372 g/mol. The number of hydrogen-bond acceptors (Lipinski definition) is 4. The van der Waals surface area contributed by atoms with Gasteiger partial charge in [-0.25, -0.2) is 13.1 Å². The van der Waals surface area contributed by atoms with Crippen molar-refractivity contribution in [2.24, 2.45) is 0 Å². The van der Waals surface area contributed by atoms with E-state index in [2.05, 4.69) is 20.7 Å². The minimum atomic E-state index is -3.68. The van der Waals surface area contributed by atoms with Crippen molar-refractivity contribution in [2.75, 3.05) is 0 Å². The van der Waals surface area contributed by atoms with E-state index in [1.165, 1.54) is 17.2 Å². The topological polar surface area (TPSA) is 79.5 Å². The Kier molecular flexibility index (Phi) is 3.92. The minimum Gasteiger partial charge on any atom is -0.450 e. The fourth-order valence-corrected chi connectivity index (χ4v) is 4.82. The number of rotatable bonds is 4. The summed E-state index contributed by atoms with van der Waals surface area (Å²) in [5.41, 5.74) is 2.35. The fraction of sp³-hybridized carbons (Fsp3) is 0.286. The van der Waals surface area contributed by atoms with Gasteiger partial charge in [-0.1, -0.05) is 24.3 Å². The summed E-state index contributed by atoms with van der Waals surface area (Å²) >= 11 is 3.07. The molecule has 112 valence electrons. The van der Waals surface area contributed by atoms with Gasteiger partial charge in [0.1, 0.15) is 17.3 Å². The van der Waals surface area contributed by atoms with Crippen LogP contribution in [0.25, 0.3) is 0 Å². The van der Waals surface area contributed by atoms with E-state index in [4.69, 9.17) is 9.52 Å². The summed E-state index contributed by atoms with van der Waals surface area (Å²) in [4.78, 5) is 0.0162. The van der Waals surface area contributed by atoms with Crippen LogP contribution in [-0.2, 0) is 29.5 Å². The summed E-state index contributed by atoms with van der Waals surface area (Å²) in [6, 6.07) is 9.11. The average Bonchev–Trinajstić information content (AvgIpc) is 3.00. The lowest BCUT2D eigenvalue weighted by Gasteiger charge is -2.11. The van der Waals surface area contributed by atoms with E-state index in [-0.39, 0.29) is 28.0 Å². The van der Waals surface area contributed by atoms with Crippen LogP contribution < -0.4 is 4.72 Å². The smallest absolute Gasteiger partial charge is 0.245 e. The molecule has 0 atom stereocenters. The first kappa shape index (κ1) is 14.8. The molecular weight excluding hydrogens is 358 g/mol. The van der Waals surface area contributed by atoms with Crippen molar-refractivity contribution >= 4 is 26.0 Å². The summed E-state index contributed by atoms with van der Waals surface area (Å²) in [5, 5.41) is 9.01. The van der Waals surface area contributed by atoms with E-state index in [0.717, 1.165) is 0 Å². The molecule has 0 radical (unpaired) electrons. The fourth-order valence-electron chi connectivity index (χ4n) is 2.58. The molecule has 5 nitrogen and oxygen atoms in total. The molecule has 2 aromatic rings. The van der Waals surface area contributed by atoms with Gasteiger partial charge in [-0.15, -0.1) is 0 Å². The molecule has 21 heavy (non-hydrogen) atoms. The number of fused-ring (bicyclic) bond motifs is 1. The van der Waals surface area contributed by atoms with E-state index < -0.39 is 10.0 Å². The summed E-state index contributed by atoms with van der Waals surface area (Å²) in [5.74, 6) is 0.206. The zero-order valence-corrected chi connectivity index (χ0v) is 13.4. The molecule has 0 bridgehead atoms. The summed E-state index contributed by atoms with van der Waals surface area (Å²) in [6.07, 6.45) is 1.36. The Bertz CT molecular complexity index is 744. The van der Waals surface area contributed by atoms with E-state index in [1.54, 1.807) is 0 Å². The molecule has 0 spiro atoms. The van der Waals surface area contributed by atoms with Crippen molar-refractivity contribution in [3.05, 3.63) is 51.9 Å². The van der Waals surface area contributed by atoms with E-state index in [0.29, 0.717) is 12.8 Å². The van der Waals surface area contributed by atoms with Gasteiger partial charge in [0.15, 0.2) is 4.67 Å². The van der Waals surface area contributed by atoms with Crippen molar-refractivity contribution in [1.82, 2.24) is 4.72 Å². The number of aliphatic hydroxyl groups is 1. The van der Waals surface area contributed by atoms with Crippen LogP contribution in [0.3, 0.4) is 0 Å². The minimum absolute atomic E-state index is 0.0162. The van der Waals surface area contributed by atoms with E-state index >= 15 is 0 Å². The van der Waals surface area contributed by atoms with Crippen LogP contribution in [-0.4, -0.2) is 19.6 Å². The molecule has 0 saturated heterocycles. The first-order chi connectivity index (χ1) is 9.99. The number of nitrogens with one attached hydrogen (secondary N) is 1. The number of hydrogen-bond donors (Lipinski definition) is 2. The van der Waals surface area contributed by atoms with Crippen LogP contribution in [0, 0.1) is 0 Å². The lowest BCUT2D eigenvalue weighted by atomic mass is 10.1. The number of benzene rings is 1. The van der Waals surface area contributed by atoms with Crippen LogP contribution in [0.15, 0.2) is 44.3 Å². The van der Waals surface area contributed by atoms with Crippen LogP contribution in [0.5, 0.6) is 0 Å². The van der Waals surface area contributed by atoms with Gasteiger partial charge in [-0.3, -0.25) is 0 Å². The standard InChI is InChI=1S/C14H14BrNO4S/c15-14-13(7-12(8-17)20-14)21(18,19)16-11-5-9-3-1-2-4-10(9)6-11/h1-4,7,11,16-17H,5-6,8H2. The lowest BCUT2D eigenvalue weighted by molar-refractivity contribution is 0.245. The van der Waals surface area contributed by atoms with Crippen molar-refractivity contribution < 1.29 is 17.9 Å². The molecule has 1 aliphatic carbocycles. The van der Waals surface area contributed by atoms with Crippen molar-refractivity contribution in [3.63, 3.8) is 0 Å². The summed E-state index contributed by atoms with van der Waals surface area (Å²) in [7, 11) is -3.68. The molecule has 0 unspecified atom stereocenters. The quantitative estimate of drug-likeness (QED) is 0.860. The van der Waals surface area contributed by atoms with Crippen LogP contribution in [0.1, 0.15) is 16.9 Å². The Morgan fingerprint density at radius 2 is 1.90 bits per heavy atom. The Morgan fingerprint density at radius 1 is 1.29 bits per heavy atom. The molecule has 2 N–H and O–H groups in total. The maximum atomic E-state index is 12.4. The Labute approximate surface area is 131 Å². The predicted octanol–water partition coefficient (Wildman–Crippen LogP) is 1.98. The summed E-state index contributed by atoms with van der Waals surface area (Å²) in [6.45, 7) is -0.344. The highest BCUT2D eigenvalue weighted by Crippen LogP contribution is 2.28. The SMILES string of the molecule is O=S(=O)(NC1Cc2ccccc2C1)c1cc(CO)oc1Br. The molecule has 1 aromatic carbocycles. The van der Waals surface area contributed by atoms with Gasteiger partial charge in [0.05, 0.1) is 0 Å².